The van der Waals surface area contributed by atoms with Gasteiger partial charge >= 0.3 is 0 Å². The monoisotopic (exact) mass is 176 g/mol. The van der Waals surface area contributed by atoms with E-state index < -0.39 is 5.79 Å². The lowest BCUT2D eigenvalue weighted by atomic mass is 10.2. The van der Waals surface area contributed by atoms with Gasteiger partial charge in [0.15, 0.2) is 5.79 Å². The zero-order chi connectivity index (χ0) is 9.19. The fourth-order valence-corrected chi connectivity index (χ4v) is 1.37. The first-order valence-electron chi connectivity index (χ1n) is 4.04. The van der Waals surface area contributed by atoms with Gasteiger partial charge in [0.1, 0.15) is 12.2 Å². The summed E-state index contributed by atoms with van der Waals surface area (Å²) in [5, 5.41) is 8.93. The third kappa shape index (κ3) is 2.17. The Morgan fingerprint density at radius 3 is 2.42 bits per heavy atom. The van der Waals surface area contributed by atoms with Crippen LogP contribution in [0.3, 0.4) is 0 Å². The molecule has 12 heavy (non-hydrogen) atoms. The molecule has 0 spiro atoms. The minimum absolute atomic E-state index is 0.0303. The summed E-state index contributed by atoms with van der Waals surface area (Å²) < 4.78 is 15.8. The van der Waals surface area contributed by atoms with Crippen LogP contribution in [0.1, 0.15) is 13.8 Å². The second kappa shape index (κ2) is 3.70. The van der Waals surface area contributed by atoms with Gasteiger partial charge < -0.3 is 19.3 Å². The van der Waals surface area contributed by atoms with E-state index in [1.807, 2.05) is 13.8 Å². The predicted molar refractivity (Wildman–Crippen MR) is 42.8 cm³/mol. The fourth-order valence-electron chi connectivity index (χ4n) is 1.37. The van der Waals surface area contributed by atoms with E-state index in [-0.39, 0.29) is 18.8 Å². The SMILES string of the molecule is COC[C@H]1OC(C)(C)O[C@@H]1CO. The molecule has 1 fully saturated rings. The maximum absolute atomic E-state index is 8.93. The highest BCUT2D eigenvalue weighted by Crippen LogP contribution is 2.27. The molecule has 0 aromatic rings. The second-order valence-electron chi connectivity index (χ2n) is 3.35. The maximum atomic E-state index is 8.93. The van der Waals surface area contributed by atoms with Crippen molar-refractivity contribution >= 4 is 0 Å². The van der Waals surface area contributed by atoms with Crippen LogP contribution in [0.5, 0.6) is 0 Å². The summed E-state index contributed by atoms with van der Waals surface area (Å²) in [7, 11) is 1.60. The largest absolute Gasteiger partial charge is 0.394 e. The van der Waals surface area contributed by atoms with Crippen LogP contribution >= 0.6 is 0 Å². The molecule has 0 aromatic carbocycles. The van der Waals surface area contributed by atoms with Gasteiger partial charge in [0, 0.05) is 7.11 Å². The highest BCUT2D eigenvalue weighted by molar-refractivity contribution is 4.80. The van der Waals surface area contributed by atoms with Crippen LogP contribution in [0.25, 0.3) is 0 Å². The van der Waals surface area contributed by atoms with Gasteiger partial charge in [-0.2, -0.15) is 0 Å². The molecule has 0 radical (unpaired) electrons. The van der Waals surface area contributed by atoms with E-state index >= 15 is 0 Å². The molecular weight excluding hydrogens is 160 g/mol. The van der Waals surface area contributed by atoms with E-state index in [2.05, 4.69) is 0 Å². The lowest BCUT2D eigenvalue weighted by molar-refractivity contribution is -0.152. The summed E-state index contributed by atoms with van der Waals surface area (Å²) in [6.45, 7) is 4.07. The fraction of sp³-hybridized carbons (Fsp3) is 1.00. The molecule has 1 aliphatic rings. The lowest BCUT2D eigenvalue weighted by Gasteiger charge is -2.16. The molecule has 72 valence electrons. The summed E-state index contributed by atoms with van der Waals surface area (Å²) in [5.41, 5.74) is 0. The molecule has 0 aliphatic carbocycles. The van der Waals surface area contributed by atoms with Crippen molar-refractivity contribution < 1.29 is 19.3 Å². The van der Waals surface area contributed by atoms with E-state index in [9.17, 15) is 0 Å². The van der Waals surface area contributed by atoms with Crippen molar-refractivity contribution in [3.63, 3.8) is 0 Å². The van der Waals surface area contributed by atoms with Crippen molar-refractivity contribution in [3.8, 4) is 0 Å². The number of aliphatic hydroxyl groups excluding tert-OH is 1. The van der Waals surface area contributed by atoms with Gasteiger partial charge in [-0.15, -0.1) is 0 Å². The molecular formula is C8H16O4. The number of hydrogen-bond acceptors (Lipinski definition) is 4. The quantitative estimate of drug-likeness (QED) is 0.664. The summed E-state index contributed by atoms with van der Waals surface area (Å²) in [6.07, 6.45) is -0.421. The summed E-state index contributed by atoms with van der Waals surface area (Å²) in [5.74, 6) is -0.601. The third-order valence-corrected chi connectivity index (χ3v) is 1.80. The van der Waals surface area contributed by atoms with Crippen LogP contribution in [-0.4, -0.2) is 43.4 Å². The first-order chi connectivity index (χ1) is 5.59. The summed E-state index contributed by atoms with van der Waals surface area (Å²) in [6, 6.07) is 0. The number of ether oxygens (including phenoxy) is 3. The molecule has 1 N–H and O–H groups in total. The summed E-state index contributed by atoms with van der Waals surface area (Å²) in [4.78, 5) is 0. The van der Waals surface area contributed by atoms with Crippen molar-refractivity contribution in [1.29, 1.82) is 0 Å². The Morgan fingerprint density at radius 1 is 1.33 bits per heavy atom. The van der Waals surface area contributed by atoms with Crippen LogP contribution in [0.2, 0.25) is 0 Å². The maximum Gasteiger partial charge on any atom is 0.163 e. The third-order valence-electron chi connectivity index (χ3n) is 1.80. The highest BCUT2D eigenvalue weighted by Gasteiger charge is 2.40. The Labute approximate surface area is 72.4 Å². The van der Waals surface area contributed by atoms with E-state index in [1.54, 1.807) is 7.11 Å². The van der Waals surface area contributed by atoms with E-state index in [0.717, 1.165) is 0 Å². The van der Waals surface area contributed by atoms with Gasteiger partial charge in [0.25, 0.3) is 0 Å². The molecule has 4 nitrogen and oxygen atoms in total. The number of methoxy groups -OCH3 is 1. The number of aliphatic hydroxyl groups is 1. The molecule has 0 bridgehead atoms. The molecule has 0 unspecified atom stereocenters. The van der Waals surface area contributed by atoms with E-state index in [4.69, 9.17) is 19.3 Å². The molecule has 1 rings (SSSR count). The van der Waals surface area contributed by atoms with Crippen molar-refractivity contribution in [1.82, 2.24) is 0 Å². The first kappa shape index (κ1) is 9.92. The average Bonchev–Trinajstić information content (AvgIpc) is 2.26. The van der Waals surface area contributed by atoms with E-state index in [1.165, 1.54) is 0 Å². The average molecular weight is 176 g/mol. The van der Waals surface area contributed by atoms with Gasteiger partial charge in [-0.1, -0.05) is 0 Å². The Balaban J connectivity index is 2.50. The molecule has 1 saturated heterocycles. The lowest BCUT2D eigenvalue weighted by Crippen LogP contribution is -2.30. The molecule has 0 saturated carbocycles. The zero-order valence-corrected chi connectivity index (χ0v) is 7.74. The van der Waals surface area contributed by atoms with Crippen LogP contribution < -0.4 is 0 Å². The van der Waals surface area contributed by atoms with Gasteiger partial charge in [-0.05, 0) is 13.8 Å². The first-order valence-corrected chi connectivity index (χ1v) is 4.04. The molecule has 1 aliphatic heterocycles. The minimum Gasteiger partial charge on any atom is -0.394 e. The Morgan fingerprint density at radius 2 is 1.92 bits per heavy atom. The minimum atomic E-state index is -0.601. The molecule has 0 amide bonds. The highest BCUT2D eigenvalue weighted by atomic mass is 16.8. The normalized spacial score (nSPS) is 34.0. The summed E-state index contributed by atoms with van der Waals surface area (Å²) >= 11 is 0. The second-order valence-corrected chi connectivity index (χ2v) is 3.35. The van der Waals surface area contributed by atoms with Gasteiger partial charge in [-0.3, -0.25) is 0 Å². The Bertz CT molecular complexity index is 146. The zero-order valence-electron chi connectivity index (χ0n) is 7.74. The smallest absolute Gasteiger partial charge is 0.163 e. The standard InChI is InChI=1S/C8H16O4/c1-8(2)11-6(4-9)7(12-8)5-10-3/h6-7,9H,4-5H2,1-3H3/t6-,7-/m1/s1. The number of rotatable bonds is 3. The van der Waals surface area contributed by atoms with E-state index in [0.29, 0.717) is 6.61 Å². The van der Waals surface area contributed by atoms with Crippen LogP contribution in [-0.2, 0) is 14.2 Å². The molecule has 4 heteroatoms. The molecule has 0 aromatic heterocycles. The van der Waals surface area contributed by atoms with Crippen molar-refractivity contribution in [2.45, 2.75) is 31.8 Å². The van der Waals surface area contributed by atoms with Gasteiger partial charge in [0.2, 0.25) is 0 Å². The Hall–Kier alpha value is -0.160. The van der Waals surface area contributed by atoms with Crippen molar-refractivity contribution in [3.05, 3.63) is 0 Å². The van der Waals surface area contributed by atoms with Crippen LogP contribution in [0, 0.1) is 0 Å². The van der Waals surface area contributed by atoms with Crippen molar-refractivity contribution in [2.24, 2.45) is 0 Å². The van der Waals surface area contributed by atoms with Crippen LogP contribution in [0.4, 0.5) is 0 Å². The molecule has 1 heterocycles. The Kier molecular flexibility index (Phi) is 3.06. The number of hydrogen-bond donors (Lipinski definition) is 1. The molecule has 2 atom stereocenters. The van der Waals surface area contributed by atoms with Crippen molar-refractivity contribution in [2.75, 3.05) is 20.3 Å². The predicted octanol–water partition coefficient (Wildman–Crippen LogP) is 0.145. The van der Waals surface area contributed by atoms with Crippen LogP contribution in [0.15, 0.2) is 0 Å². The van der Waals surface area contributed by atoms with Gasteiger partial charge in [0.05, 0.1) is 13.2 Å². The topological polar surface area (TPSA) is 47.9 Å². The van der Waals surface area contributed by atoms with Gasteiger partial charge in [-0.25, -0.2) is 0 Å².